The number of ether oxygens (including phenoxy) is 1. The summed E-state index contributed by atoms with van der Waals surface area (Å²) in [5, 5.41) is 5.34. The Morgan fingerprint density at radius 1 is 1.65 bits per heavy atom. The van der Waals surface area contributed by atoms with Crippen molar-refractivity contribution in [3.05, 3.63) is 9.35 Å². The zero-order valence-corrected chi connectivity index (χ0v) is 11.7. The van der Waals surface area contributed by atoms with E-state index in [1.165, 1.54) is 11.5 Å². The summed E-state index contributed by atoms with van der Waals surface area (Å²) in [7, 11) is 1.55. The highest BCUT2D eigenvalue weighted by atomic mass is 79.9. The van der Waals surface area contributed by atoms with Gasteiger partial charge in [-0.15, -0.1) is 12.3 Å². The predicted molar refractivity (Wildman–Crippen MR) is 70.1 cm³/mol. The maximum absolute atomic E-state index is 11.3. The number of terminal acetylenes is 1. The van der Waals surface area contributed by atoms with E-state index in [9.17, 15) is 4.79 Å². The Kier molecular flexibility index (Phi) is 5.80. The minimum Gasteiger partial charge on any atom is -0.480 e. The molecule has 0 aliphatic rings. The number of nitrogens with one attached hydrogen (secondary N) is 2. The number of carbonyl (C=O) groups excluding carboxylic acids is 1. The number of carbonyl (C=O) groups is 1. The average molecular weight is 318 g/mol. The Balaban J connectivity index is 2.37. The van der Waals surface area contributed by atoms with Crippen molar-refractivity contribution in [3.8, 4) is 18.2 Å². The average Bonchev–Trinajstić information content (AvgIpc) is 2.68. The summed E-state index contributed by atoms with van der Waals surface area (Å²) in [6.45, 7) is 0.860. The molecule has 1 aromatic heterocycles. The van der Waals surface area contributed by atoms with Crippen LogP contribution in [-0.4, -0.2) is 24.1 Å². The molecule has 0 aromatic carbocycles. The number of nitrogens with zero attached hydrogens (tertiary/aromatic N) is 1. The lowest BCUT2D eigenvalue weighted by Gasteiger charge is -2.04. The lowest BCUT2D eigenvalue weighted by molar-refractivity contribution is 0.241. The van der Waals surface area contributed by atoms with E-state index in [0.29, 0.717) is 25.4 Å². The normalized spacial score (nSPS) is 9.47. The molecule has 2 amide bonds. The second kappa shape index (κ2) is 7.14. The number of halogens is 1. The van der Waals surface area contributed by atoms with Crippen molar-refractivity contribution in [2.45, 2.75) is 13.0 Å². The zero-order chi connectivity index (χ0) is 12.7. The van der Waals surface area contributed by atoms with Crippen molar-refractivity contribution in [2.24, 2.45) is 0 Å². The number of urea groups is 1. The topological polar surface area (TPSA) is 63.2 Å². The number of hydrogen-bond acceptors (Lipinski definition) is 4. The summed E-state index contributed by atoms with van der Waals surface area (Å²) >= 11 is 4.62. The Labute approximate surface area is 112 Å². The molecular weight excluding hydrogens is 306 g/mol. The third kappa shape index (κ3) is 4.24. The number of amides is 2. The van der Waals surface area contributed by atoms with Gasteiger partial charge in [-0.3, -0.25) is 0 Å². The van der Waals surface area contributed by atoms with Gasteiger partial charge in [0.2, 0.25) is 5.88 Å². The van der Waals surface area contributed by atoms with Gasteiger partial charge in [0.1, 0.15) is 0 Å². The van der Waals surface area contributed by atoms with Crippen LogP contribution in [0.1, 0.15) is 11.3 Å². The molecule has 1 heterocycles. The predicted octanol–water partition coefficient (Wildman–Crippen LogP) is 1.74. The van der Waals surface area contributed by atoms with Crippen LogP contribution in [0.25, 0.3) is 0 Å². The maximum Gasteiger partial charge on any atom is 0.315 e. The van der Waals surface area contributed by atoms with E-state index in [2.05, 4.69) is 36.9 Å². The molecule has 0 unspecified atom stereocenters. The number of hydrogen-bond donors (Lipinski definition) is 2. The van der Waals surface area contributed by atoms with E-state index < -0.39 is 0 Å². The molecule has 7 heteroatoms. The van der Waals surface area contributed by atoms with Crippen LogP contribution < -0.4 is 15.4 Å². The molecule has 0 spiro atoms. The standard InChI is InChI=1S/C10H12BrN3O2S/c1-3-4-5-12-10(15)13-6-7-8(11)9(16-2)14-17-7/h1H,4-6H2,2H3,(H2,12,13,15). The molecule has 1 rings (SSSR count). The number of aromatic nitrogens is 1. The molecule has 0 aliphatic heterocycles. The fourth-order valence-corrected chi connectivity index (χ4v) is 2.39. The second-order valence-electron chi connectivity index (χ2n) is 2.99. The number of rotatable bonds is 5. The van der Waals surface area contributed by atoms with Crippen LogP contribution in [0.3, 0.4) is 0 Å². The van der Waals surface area contributed by atoms with Crippen LogP contribution in [0.2, 0.25) is 0 Å². The van der Waals surface area contributed by atoms with Gasteiger partial charge < -0.3 is 15.4 Å². The van der Waals surface area contributed by atoms with Crippen molar-refractivity contribution in [1.29, 1.82) is 0 Å². The molecule has 0 aliphatic carbocycles. The molecule has 0 fully saturated rings. The van der Waals surface area contributed by atoms with Crippen molar-refractivity contribution in [2.75, 3.05) is 13.7 Å². The highest BCUT2D eigenvalue weighted by Gasteiger charge is 2.11. The first-order chi connectivity index (χ1) is 8.19. The minimum absolute atomic E-state index is 0.250. The Bertz CT molecular complexity index is 428. The van der Waals surface area contributed by atoms with E-state index in [4.69, 9.17) is 11.2 Å². The van der Waals surface area contributed by atoms with Gasteiger partial charge in [-0.25, -0.2) is 4.79 Å². The van der Waals surface area contributed by atoms with Crippen molar-refractivity contribution in [1.82, 2.24) is 15.0 Å². The van der Waals surface area contributed by atoms with Crippen LogP contribution in [0.5, 0.6) is 5.88 Å². The lowest BCUT2D eigenvalue weighted by atomic mass is 10.4. The van der Waals surface area contributed by atoms with Gasteiger partial charge in [-0.05, 0) is 27.5 Å². The molecular formula is C10H12BrN3O2S. The summed E-state index contributed by atoms with van der Waals surface area (Å²) in [5.41, 5.74) is 0. The van der Waals surface area contributed by atoms with E-state index in [-0.39, 0.29) is 6.03 Å². The zero-order valence-electron chi connectivity index (χ0n) is 9.25. The fraction of sp³-hybridized carbons (Fsp3) is 0.400. The summed E-state index contributed by atoms with van der Waals surface area (Å²) in [5.74, 6) is 2.97. The van der Waals surface area contributed by atoms with Gasteiger partial charge in [-0.2, -0.15) is 4.37 Å². The summed E-state index contributed by atoms with van der Waals surface area (Å²) in [6.07, 6.45) is 5.59. The van der Waals surface area contributed by atoms with Crippen LogP contribution in [0, 0.1) is 12.3 Å². The molecule has 92 valence electrons. The van der Waals surface area contributed by atoms with E-state index >= 15 is 0 Å². The molecule has 0 atom stereocenters. The largest absolute Gasteiger partial charge is 0.480 e. The first-order valence-corrected chi connectivity index (χ1v) is 6.39. The van der Waals surface area contributed by atoms with E-state index in [1.807, 2.05) is 0 Å². The second-order valence-corrected chi connectivity index (χ2v) is 4.64. The van der Waals surface area contributed by atoms with Gasteiger partial charge in [0.15, 0.2) is 0 Å². The fourth-order valence-electron chi connectivity index (χ4n) is 1.00. The molecule has 0 radical (unpaired) electrons. The molecule has 0 bridgehead atoms. The smallest absolute Gasteiger partial charge is 0.315 e. The third-order valence-corrected chi connectivity index (χ3v) is 3.74. The summed E-state index contributed by atoms with van der Waals surface area (Å²) < 4.78 is 9.85. The Morgan fingerprint density at radius 2 is 2.41 bits per heavy atom. The lowest BCUT2D eigenvalue weighted by Crippen LogP contribution is -2.35. The van der Waals surface area contributed by atoms with Gasteiger partial charge in [0, 0.05) is 13.0 Å². The van der Waals surface area contributed by atoms with E-state index in [1.54, 1.807) is 7.11 Å². The first-order valence-electron chi connectivity index (χ1n) is 4.82. The summed E-state index contributed by atoms with van der Waals surface area (Å²) in [4.78, 5) is 12.2. The quantitative estimate of drug-likeness (QED) is 0.642. The van der Waals surface area contributed by atoms with Crippen LogP contribution >= 0.6 is 27.5 Å². The van der Waals surface area contributed by atoms with Gasteiger partial charge in [0.25, 0.3) is 0 Å². The van der Waals surface area contributed by atoms with Gasteiger partial charge in [-0.1, -0.05) is 0 Å². The van der Waals surface area contributed by atoms with Crippen LogP contribution in [0.15, 0.2) is 4.47 Å². The van der Waals surface area contributed by atoms with Crippen molar-refractivity contribution >= 4 is 33.5 Å². The number of methoxy groups -OCH3 is 1. The monoisotopic (exact) mass is 317 g/mol. The molecule has 0 saturated heterocycles. The Morgan fingerprint density at radius 3 is 3.00 bits per heavy atom. The Hall–Kier alpha value is -1.26. The minimum atomic E-state index is -0.250. The first kappa shape index (κ1) is 13.8. The molecule has 2 N–H and O–H groups in total. The highest BCUT2D eigenvalue weighted by molar-refractivity contribution is 9.10. The van der Waals surface area contributed by atoms with Crippen LogP contribution in [0.4, 0.5) is 4.79 Å². The van der Waals surface area contributed by atoms with Gasteiger partial charge >= 0.3 is 6.03 Å². The van der Waals surface area contributed by atoms with Crippen LogP contribution in [-0.2, 0) is 6.54 Å². The highest BCUT2D eigenvalue weighted by Crippen LogP contribution is 2.30. The van der Waals surface area contributed by atoms with Crippen molar-refractivity contribution in [3.63, 3.8) is 0 Å². The van der Waals surface area contributed by atoms with Crippen molar-refractivity contribution < 1.29 is 9.53 Å². The SMILES string of the molecule is C#CCCNC(=O)NCc1snc(OC)c1Br. The summed E-state index contributed by atoms with van der Waals surface area (Å²) in [6, 6.07) is -0.250. The maximum atomic E-state index is 11.3. The molecule has 5 nitrogen and oxygen atoms in total. The molecule has 1 aromatic rings. The van der Waals surface area contributed by atoms with Gasteiger partial charge in [0.05, 0.1) is 23.0 Å². The third-order valence-electron chi connectivity index (χ3n) is 1.83. The molecule has 0 saturated carbocycles. The van der Waals surface area contributed by atoms with E-state index in [0.717, 1.165) is 9.35 Å². The molecule has 17 heavy (non-hydrogen) atoms.